The van der Waals surface area contributed by atoms with Gasteiger partial charge < -0.3 is 10.2 Å². The van der Waals surface area contributed by atoms with Crippen LogP contribution in [0.1, 0.15) is 32.5 Å². The summed E-state index contributed by atoms with van der Waals surface area (Å²) in [4.78, 5) is 6.75. The topological polar surface area (TPSA) is 46.0 Å². The van der Waals surface area contributed by atoms with Crippen LogP contribution in [-0.2, 0) is 7.05 Å². The number of aryl methyl sites for hydroxylation is 1. The van der Waals surface area contributed by atoms with Crippen LogP contribution in [0.2, 0.25) is 0 Å². The van der Waals surface area contributed by atoms with Crippen LogP contribution in [0.5, 0.6) is 0 Å². The lowest BCUT2D eigenvalue weighted by Gasteiger charge is -2.20. The summed E-state index contributed by atoms with van der Waals surface area (Å²) in [7, 11) is 1.95. The zero-order chi connectivity index (χ0) is 14.5. The largest absolute Gasteiger partial charge is 0.376 e. The van der Waals surface area contributed by atoms with E-state index >= 15 is 0 Å². The molecule has 0 aliphatic heterocycles. The summed E-state index contributed by atoms with van der Waals surface area (Å²) in [5, 5.41) is 7.64. The Labute approximate surface area is 120 Å². The second kappa shape index (κ2) is 6.41. The Balaban J connectivity index is 2.06. The van der Waals surface area contributed by atoms with Crippen molar-refractivity contribution in [1.82, 2.24) is 14.8 Å². The summed E-state index contributed by atoms with van der Waals surface area (Å²) in [5.41, 5.74) is 2.17. The molecular weight excluding hydrogens is 250 g/mol. The van der Waals surface area contributed by atoms with E-state index in [1.807, 2.05) is 30.2 Å². The molecule has 1 unspecified atom stereocenters. The van der Waals surface area contributed by atoms with Crippen LogP contribution in [0.15, 0.2) is 30.6 Å². The smallest absolute Gasteiger partial charge is 0.128 e. The first-order chi connectivity index (χ1) is 9.65. The fraction of sp³-hybridized carbons (Fsp3) is 0.467. The van der Waals surface area contributed by atoms with E-state index in [9.17, 15) is 0 Å². The molecule has 2 aromatic heterocycles. The van der Waals surface area contributed by atoms with Crippen LogP contribution >= 0.6 is 0 Å². The van der Waals surface area contributed by atoms with Crippen LogP contribution in [0.25, 0.3) is 0 Å². The molecule has 0 aromatic carbocycles. The quantitative estimate of drug-likeness (QED) is 0.879. The second-order valence-corrected chi connectivity index (χ2v) is 4.82. The van der Waals surface area contributed by atoms with Gasteiger partial charge in [0.2, 0.25) is 0 Å². The molecule has 0 aliphatic carbocycles. The molecule has 2 rings (SSSR count). The van der Waals surface area contributed by atoms with Crippen molar-refractivity contribution in [1.29, 1.82) is 0 Å². The lowest BCUT2D eigenvalue weighted by Crippen LogP contribution is -2.22. The third-order valence-electron chi connectivity index (χ3n) is 3.52. The SMILES string of the molecule is CCN(CC)c1ccc(NC(C)c2ccnn2C)cn1. The van der Waals surface area contributed by atoms with Crippen LogP contribution in [-0.4, -0.2) is 27.9 Å². The summed E-state index contributed by atoms with van der Waals surface area (Å²) in [6.07, 6.45) is 3.70. The molecule has 0 bridgehead atoms. The van der Waals surface area contributed by atoms with E-state index in [1.54, 1.807) is 0 Å². The van der Waals surface area contributed by atoms with Gasteiger partial charge in [-0.05, 0) is 39.0 Å². The third-order valence-corrected chi connectivity index (χ3v) is 3.52. The highest BCUT2D eigenvalue weighted by Gasteiger charge is 2.09. The Morgan fingerprint density at radius 1 is 1.25 bits per heavy atom. The predicted molar refractivity (Wildman–Crippen MR) is 83.0 cm³/mol. The molecule has 0 aliphatic rings. The number of rotatable bonds is 6. The Kier molecular flexibility index (Phi) is 4.61. The van der Waals surface area contributed by atoms with Crippen LogP contribution in [0.3, 0.4) is 0 Å². The van der Waals surface area contributed by atoms with Gasteiger partial charge in [0.1, 0.15) is 5.82 Å². The zero-order valence-corrected chi connectivity index (χ0v) is 12.7. The van der Waals surface area contributed by atoms with Gasteiger partial charge in [0.25, 0.3) is 0 Å². The molecule has 0 saturated heterocycles. The molecule has 0 saturated carbocycles. The van der Waals surface area contributed by atoms with Gasteiger partial charge >= 0.3 is 0 Å². The maximum absolute atomic E-state index is 4.52. The van der Waals surface area contributed by atoms with Gasteiger partial charge in [0, 0.05) is 26.3 Å². The molecular formula is C15H23N5. The van der Waals surface area contributed by atoms with Crippen molar-refractivity contribution < 1.29 is 0 Å². The first kappa shape index (κ1) is 14.4. The average Bonchev–Trinajstić information content (AvgIpc) is 2.88. The number of aromatic nitrogens is 3. The summed E-state index contributed by atoms with van der Waals surface area (Å²) < 4.78 is 1.88. The van der Waals surface area contributed by atoms with Crippen molar-refractivity contribution in [3.8, 4) is 0 Å². The second-order valence-electron chi connectivity index (χ2n) is 4.82. The lowest BCUT2D eigenvalue weighted by molar-refractivity contribution is 0.675. The molecule has 5 nitrogen and oxygen atoms in total. The highest BCUT2D eigenvalue weighted by Crippen LogP contribution is 2.19. The molecule has 0 spiro atoms. The first-order valence-electron chi connectivity index (χ1n) is 7.11. The van der Waals surface area contributed by atoms with Crippen molar-refractivity contribution in [2.45, 2.75) is 26.8 Å². The molecule has 2 aromatic rings. The predicted octanol–water partition coefficient (Wildman–Crippen LogP) is 2.83. The van der Waals surface area contributed by atoms with Crippen molar-refractivity contribution in [3.05, 3.63) is 36.3 Å². The van der Waals surface area contributed by atoms with Gasteiger partial charge in [-0.2, -0.15) is 5.10 Å². The van der Waals surface area contributed by atoms with Crippen LogP contribution < -0.4 is 10.2 Å². The number of hydrogen-bond acceptors (Lipinski definition) is 4. The molecule has 1 N–H and O–H groups in total. The fourth-order valence-corrected chi connectivity index (χ4v) is 2.34. The monoisotopic (exact) mass is 273 g/mol. The molecule has 0 radical (unpaired) electrons. The minimum atomic E-state index is 0.198. The number of anilines is 2. The Morgan fingerprint density at radius 3 is 2.50 bits per heavy atom. The van der Waals surface area contributed by atoms with E-state index in [4.69, 9.17) is 0 Å². The highest BCUT2D eigenvalue weighted by atomic mass is 15.3. The van der Waals surface area contributed by atoms with E-state index in [-0.39, 0.29) is 6.04 Å². The summed E-state index contributed by atoms with van der Waals surface area (Å²) in [6, 6.07) is 6.36. The molecule has 5 heteroatoms. The van der Waals surface area contributed by atoms with Gasteiger partial charge in [-0.1, -0.05) is 0 Å². The molecule has 1 atom stereocenters. The lowest BCUT2D eigenvalue weighted by atomic mass is 10.2. The maximum atomic E-state index is 4.52. The van der Waals surface area contributed by atoms with E-state index in [2.05, 4.69) is 53.2 Å². The number of nitrogens with zero attached hydrogens (tertiary/aromatic N) is 4. The first-order valence-corrected chi connectivity index (χ1v) is 7.11. The number of hydrogen-bond donors (Lipinski definition) is 1. The minimum Gasteiger partial charge on any atom is -0.376 e. The molecule has 0 fully saturated rings. The fourth-order valence-electron chi connectivity index (χ4n) is 2.34. The summed E-state index contributed by atoms with van der Waals surface area (Å²) in [5.74, 6) is 1.02. The summed E-state index contributed by atoms with van der Waals surface area (Å²) >= 11 is 0. The molecule has 0 amide bonds. The van der Waals surface area contributed by atoms with E-state index in [0.29, 0.717) is 0 Å². The molecule has 108 valence electrons. The highest BCUT2D eigenvalue weighted by molar-refractivity contribution is 5.49. The van der Waals surface area contributed by atoms with Crippen LogP contribution in [0, 0.1) is 0 Å². The van der Waals surface area contributed by atoms with Crippen molar-refractivity contribution in [3.63, 3.8) is 0 Å². The van der Waals surface area contributed by atoms with E-state index in [1.165, 1.54) is 0 Å². The van der Waals surface area contributed by atoms with Crippen molar-refractivity contribution >= 4 is 11.5 Å². The van der Waals surface area contributed by atoms with Crippen molar-refractivity contribution in [2.24, 2.45) is 7.05 Å². The number of nitrogens with one attached hydrogen (secondary N) is 1. The Bertz CT molecular complexity index is 527. The molecule has 2 heterocycles. The normalized spacial score (nSPS) is 12.2. The summed E-state index contributed by atoms with van der Waals surface area (Å²) in [6.45, 7) is 8.35. The van der Waals surface area contributed by atoms with Gasteiger partial charge in [-0.15, -0.1) is 0 Å². The Hall–Kier alpha value is -2.04. The van der Waals surface area contributed by atoms with Gasteiger partial charge in [0.15, 0.2) is 0 Å². The van der Waals surface area contributed by atoms with E-state index < -0.39 is 0 Å². The van der Waals surface area contributed by atoms with Crippen LogP contribution in [0.4, 0.5) is 11.5 Å². The standard InChI is InChI=1S/C15H23N5/c1-5-20(6-2)15-8-7-13(11-16-15)18-12(3)14-9-10-17-19(14)4/h7-12,18H,5-6H2,1-4H3. The average molecular weight is 273 g/mol. The third kappa shape index (κ3) is 3.10. The Morgan fingerprint density at radius 2 is 2.00 bits per heavy atom. The van der Waals surface area contributed by atoms with Crippen molar-refractivity contribution in [2.75, 3.05) is 23.3 Å². The maximum Gasteiger partial charge on any atom is 0.128 e. The van der Waals surface area contributed by atoms with E-state index in [0.717, 1.165) is 30.3 Å². The van der Waals surface area contributed by atoms with Gasteiger partial charge in [-0.25, -0.2) is 4.98 Å². The molecule has 20 heavy (non-hydrogen) atoms. The number of pyridine rings is 1. The van der Waals surface area contributed by atoms with Gasteiger partial charge in [0.05, 0.1) is 23.6 Å². The zero-order valence-electron chi connectivity index (χ0n) is 12.7. The van der Waals surface area contributed by atoms with Gasteiger partial charge in [-0.3, -0.25) is 4.68 Å². The minimum absolute atomic E-state index is 0.198.